The average molecular weight is 279 g/mol. The van der Waals surface area contributed by atoms with Crippen molar-refractivity contribution < 1.29 is 0 Å². The lowest BCUT2D eigenvalue weighted by atomic mass is 9.97. The van der Waals surface area contributed by atoms with E-state index in [0.717, 1.165) is 26.1 Å². The topological polar surface area (TPSA) is 92.0 Å². The summed E-state index contributed by atoms with van der Waals surface area (Å²) in [5.41, 5.74) is 5.95. The fourth-order valence-corrected chi connectivity index (χ4v) is 2.12. The molecule has 0 unspecified atom stereocenters. The molecule has 4 N–H and O–H groups in total. The van der Waals surface area contributed by atoms with Gasteiger partial charge in [0.1, 0.15) is 0 Å². The van der Waals surface area contributed by atoms with Crippen LogP contribution in [0.5, 0.6) is 0 Å². The van der Waals surface area contributed by atoms with Crippen LogP contribution in [0.25, 0.3) is 0 Å². The maximum atomic E-state index is 5.79. The Morgan fingerprint density at radius 3 is 2.65 bits per heavy atom. The molecule has 0 saturated carbocycles. The molecule has 0 amide bonds. The molecule has 1 saturated heterocycles. The first-order valence-corrected chi connectivity index (χ1v) is 7.05. The lowest BCUT2D eigenvalue weighted by Crippen LogP contribution is -2.30. The third-order valence-corrected chi connectivity index (χ3v) is 3.30. The zero-order chi connectivity index (χ0) is 14.8. The van der Waals surface area contributed by atoms with Crippen LogP contribution in [0.4, 0.5) is 17.8 Å². The minimum Gasteiger partial charge on any atom is -0.368 e. The van der Waals surface area contributed by atoms with Gasteiger partial charge in [0.25, 0.3) is 0 Å². The van der Waals surface area contributed by atoms with E-state index in [-0.39, 0.29) is 11.4 Å². The quantitative estimate of drug-likeness (QED) is 0.747. The van der Waals surface area contributed by atoms with Gasteiger partial charge in [-0.25, -0.2) is 0 Å². The number of rotatable bonds is 4. The van der Waals surface area contributed by atoms with Gasteiger partial charge in [0, 0.05) is 25.7 Å². The molecule has 1 aliphatic heterocycles. The highest BCUT2D eigenvalue weighted by Gasteiger charge is 2.24. The van der Waals surface area contributed by atoms with E-state index >= 15 is 0 Å². The maximum Gasteiger partial charge on any atom is 0.232 e. The minimum atomic E-state index is 0.159. The molecule has 0 radical (unpaired) electrons. The molecule has 1 aromatic rings. The van der Waals surface area contributed by atoms with Gasteiger partial charge in [0.15, 0.2) is 0 Å². The first-order chi connectivity index (χ1) is 9.37. The zero-order valence-corrected chi connectivity index (χ0v) is 12.8. The Morgan fingerprint density at radius 2 is 2.05 bits per heavy atom. The van der Waals surface area contributed by atoms with E-state index in [0.29, 0.717) is 17.9 Å². The number of anilines is 3. The molecule has 1 fully saturated rings. The average Bonchev–Trinajstić information content (AvgIpc) is 2.84. The van der Waals surface area contributed by atoms with Crippen molar-refractivity contribution in [2.75, 3.05) is 42.6 Å². The molecule has 0 bridgehead atoms. The molecule has 1 aliphatic rings. The molecule has 2 rings (SSSR count). The van der Waals surface area contributed by atoms with Crippen molar-refractivity contribution in [3.05, 3.63) is 0 Å². The van der Waals surface area contributed by atoms with Crippen LogP contribution in [0, 0.1) is 5.41 Å². The molecule has 0 spiro atoms. The summed E-state index contributed by atoms with van der Waals surface area (Å²) < 4.78 is 0. The van der Waals surface area contributed by atoms with E-state index in [1.54, 1.807) is 0 Å². The molecule has 112 valence electrons. The summed E-state index contributed by atoms with van der Waals surface area (Å²) in [7, 11) is 1.98. The maximum absolute atomic E-state index is 5.79. The summed E-state index contributed by atoms with van der Waals surface area (Å²) in [4.78, 5) is 15.0. The minimum absolute atomic E-state index is 0.159. The lowest BCUT2D eigenvalue weighted by Gasteiger charge is -2.20. The van der Waals surface area contributed by atoms with Gasteiger partial charge < -0.3 is 21.3 Å². The van der Waals surface area contributed by atoms with Gasteiger partial charge in [0.05, 0.1) is 0 Å². The van der Waals surface area contributed by atoms with Gasteiger partial charge in [-0.05, 0) is 18.9 Å². The van der Waals surface area contributed by atoms with Crippen molar-refractivity contribution >= 4 is 17.8 Å². The molecular weight excluding hydrogens is 254 g/mol. The second-order valence-electron chi connectivity index (χ2n) is 6.45. The van der Waals surface area contributed by atoms with Crippen LogP contribution in [0.1, 0.15) is 27.2 Å². The third-order valence-electron chi connectivity index (χ3n) is 3.30. The number of likely N-dealkylation sites (N-methyl/N-ethyl adjacent to an activating group) is 1. The van der Waals surface area contributed by atoms with Crippen LogP contribution in [-0.2, 0) is 0 Å². The van der Waals surface area contributed by atoms with Gasteiger partial charge in [-0.2, -0.15) is 15.0 Å². The Balaban J connectivity index is 2.09. The summed E-state index contributed by atoms with van der Waals surface area (Å²) >= 11 is 0. The number of hydrogen-bond donors (Lipinski definition) is 3. The number of hydrogen-bond acceptors (Lipinski definition) is 7. The second kappa shape index (κ2) is 5.78. The van der Waals surface area contributed by atoms with Crippen LogP contribution >= 0.6 is 0 Å². The largest absolute Gasteiger partial charge is 0.368 e. The van der Waals surface area contributed by atoms with Crippen molar-refractivity contribution in [2.45, 2.75) is 33.2 Å². The number of nitrogens with one attached hydrogen (secondary N) is 2. The van der Waals surface area contributed by atoms with Crippen LogP contribution in [0.3, 0.4) is 0 Å². The Kier molecular flexibility index (Phi) is 4.27. The summed E-state index contributed by atoms with van der Waals surface area (Å²) in [6.45, 7) is 9.09. The first-order valence-electron chi connectivity index (χ1n) is 7.05. The smallest absolute Gasteiger partial charge is 0.232 e. The van der Waals surface area contributed by atoms with Gasteiger partial charge in [-0.3, -0.25) is 0 Å². The summed E-state index contributed by atoms with van der Waals surface area (Å²) in [5.74, 6) is 1.47. The van der Waals surface area contributed by atoms with E-state index in [1.165, 1.54) is 0 Å². The van der Waals surface area contributed by atoms with Crippen molar-refractivity contribution in [1.82, 2.24) is 20.3 Å². The Morgan fingerprint density at radius 1 is 1.30 bits per heavy atom. The highest BCUT2D eigenvalue weighted by molar-refractivity contribution is 5.43. The molecule has 7 heteroatoms. The fourth-order valence-electron chi connectivity index (χ4n) is 2.12. The van der Waals surface area contributed by atoms with E-state index in [9.17, 15) is 0 Å². The third kappa shape index (κ3) is 3.93. The Bertz CT molecular complexity index is 455. The second-order valence-corrected chi connectivity index (χ2v) is 6.45. The van der Waals surface area contributed by atoms with E-state index < -0.39 is 0 Å². The Labute approximate surface area is 120 Å². The molecule has 2 heterocycles. The van der Waals surface area contributed by atoms with Crippen LogP contribution in [0.15, 0.2) is 0 Å². The molecule has 7 nitrogen and oxygen atoms in total. The number of aromatic nitrogens is 3. The van der Waals surface area contributed by atoms with Crippen LogP contribution < -0.4 is 21.3 Å². The molecule has 20 heavy (non-hydrogen) atoms. The molecular formula is C13H25N7. The highest BCUT2D eigenvalue weighted by atomic mass is 15.3. The monoisotopic (exact) mass is 279 g/mol. The van der Waals surface area contributed by atoms with E-state index in [1.807, 2.05) is 7.05 Å². The number of nitrogens with two attached hydrogens (primary N) is 1. The van der Waals surface area contributed by atoms with Gasteiger partial charge in [-0.15, -0.1) is 0 Å². The summed E-state index contributed by atoms with van der Waals surface area (Å²) in [5, 5.41) is 6.51. The zero-order valence-electron chi connectivity index (χ0n) is 12.8. The SMILES string of the molecule is CN[C@@H]1CCN(c2nc(N)nc(NCC(C)(C)C)n2)C1. The number of nitrogens with zero attached hydrogens (tertiary/aromatic N) is 4. The number of nitrogen functional groups attached to an aromatic ring is 1. The van der Waals surface area contributed by atoms with E-state index in [4.69, 9.17) is 5.73 Å². The lowest BCUT2D eigenvalue weighted by molar-refractivity contribution is 0.441. The molecule has 0 aliphatic carbocycles. The van der Waals surface area contributed by atoms with Crippen molar-refractivity contribution in [3.63, 3.8) is 0 Å². The first kappa shape index (κ1) is 14.8. The van der Waals surface area contributed by atoms with Crippen molar-refractivity contribution in [3.8, 4) is 0 Å². The standard InChI is InChI=1S/C13H25N7/c1-13(2,3)8-16-11-17-10(14)18-12(19-11)20-6-5-9(7-20)15-4/h9,15H,5-8H2,1-4H3,(H3,14,16,17,18,19)/t9-/m1/s1. The van der Waals surface area contributed by atoms with Crippen LogP contribution in [-0.4, -0.2) is 47.7 Å². The highest BCUT2D eigenvalue weighted by Crippen LogP contribution is 2.19. The normalized spacial score (nSPS) is 19.4. The van der Waals surface area contributed by atoms with E-state index in [2.05, 4.69) is 51.3 Å². The predicted octanol–water partition coefficient (Wildman–Crippen LogP) is 0.710. The van der Waals surface area contributed by atoms with Gasteiger partial charge in [-0.1, -0.05) is 20.8 Å². The van der Waals surface area contributed by atoms with Gasteiger partial charge >= 0.3 is 0 Å². The van der Waals surface area contributed by atoms with Crippen molar-refractivity contribution in [2.24, 2.45) is 5.41 Å². The molecule has 1 atom stereocenters. The Hall–Kier alpha value is -1.63. The molecule has 0 aromatic carbocycles. The molecule has 1 aromatic heterocycles. The van der Waals surface area contributed by atoms with Crippen molar-refractivity contribution in [1.29, 1.82) is 0 Å². The predicted molar refractivity (Wildman–Crippen MR) is 81.9 cm³/mol. The van der Waals surface area contributed by atoms with Crippen LogP contribution in [0.2, 0.25) is 0 Å². The summed E-state index contributed by atoms with van der Waals surface area (Å²) in [6.07, 6.45) is 1.09. The fraction of sp³-hybridized carbons (Fsp3) is 0.769. The summed E-state index contributed by atoms with van der Waals surface area (Å²) in [6, 6.07) is 0.485. The van der Waals surface area contributed by atoms with Gasteiger partial charge in [0.2, 0.25) is 17.8 Å².